The number of sulfonamides is 1. The predicted molar refractivity (Wildman–Crippen MR) is 107 cm³/mol. The number of rotatable bonds is 5. The number of nitrogens with one attached hydrogen (secondary N) is 1. The van der Waals surface area contributed by atoms with E-state index in [1.807, 2.05) is 0 Å². The maximum Gasteiger partial charge on any atom is 0.253 e. The van der Waals surface area contributed by atoms with E-state index in [0.29, 0.717) is 37.3 Å². The molecule has 0 spiro atoms. The van der Waals surface area contributed by atoms with E-state index in [4.69, 9.17) is 10.5 Å². The van der Waals surface area contributed by atoms with Gasteiger partial charge in [-0.25, -0.2) is 8.42 Å². The summed E-state index contributed by atoms with van der Waals surface area (Å²) in [6.45, 7) is 3.27. The molecule has 0 bridgehead atoms. The van der Waals surface area contributed by atoms with Crippen molar-refractivity contribution in [3.8, 4) is 0 Å². The van der Waals surface area contributed by atoms with Crippen LogP contribution in [0.4, 0.5) is 5.69 Å². The highest BCUT2D eigenvalue weighted by molar-refractivity contribution is 7.89. The van der Waals surface area contributed by atoms with Crippen molar-refractivity contribution in [1.82, 2.24) is 4.31 Å². The molecular formula is C18H28ClN3O4S. The fraction of sp³-hybridized carbons (Fsp3) is 0.611. The van der Waals surface area contributed by atoms with E-state index in [0.717, 1.165) is 25.7 Å². The zero-order valence-corrected chi connectivity index (χ0v) is 17.2. The van der Waals surface area contributed by atoms with Crippen LogP contribution in [0.25, 0.3) is 0 Å². The Balaban J connectivity index is 0.00000261. The lowest BCUT2D eigenvalue weighted by Crippen LogP contribution is -2.36. The molecule has 2 saturated heterocycles. The first-order valence-electron chi connectivity index (χ1n) is 9.19. The van der Waals surface area contributed by atoms with Gasteiger partial charge in [0.15, 0.2) is 0 Å². The topological polar surface area (TPSA) is 102 Å². The van der Waals surface area contributed by atoms with Gasteiger partial charge in [-0.15, -0.1) is 12.4 Å². The van der Waals surface area contributed by atoms with Crippen molar-refractivity contribution in [1.29, 1.82) is 0 Å². The lowest BCUT2D eigenvalue weighted by Gasteiger charge is -2.26. The van der Waals surface area contributed by atoms with Gasteiger partial charge in [0, 0.05) is 25.3 Å². The molecule has 3 N–H and O–H groups in total. The molecule has 0 unspecified atom stereocenters. The quantitative estimate of drug-likeness (QED) is 0.763. The zero-order valence-electron chi connectivity index (χ0n) is 15.5. The average Bonchev–Trinajstić information content (AvgIpc) is 3.13. The van der Waals surface area contributed by atoms with Crippen LogP contribution in [0.1, 0.15) is 37.7 Å². The Bertz CT molecular complexity index is 766. The van der Waals surface area contributed by atoms with E-state index in [1.54, 1.807) is 25.1 Å². The molecule has 2 fully saturated rings. The first-order chi connectivity index (χ1) is 12.4. The molecule has 1 aromatic carbocycles. The molecule has 0 aromatic heterocycles. The lowest BCUT2D eigenvalue weighted by molar-refractivity contribution is -0.126. The highest BCUT2D eigenvalue weighted by Crippen LogP contribution is 2.27. The summed E-state index contributed by atoms with van der Waals surface area (Å²) in [4.78, 5) is 12.6. The molecule has 2 aliphatic heterocycles. The number of nitrogens with two attached hydrogens (primary N) is 1. The van der Waals surface area contributed by atoms with Gasteiger partial charge in [0.05, 0.1) is 11.0 Å². The molecule has 152 valence electrons. The highest BCUT2D eigenvalue weighted by atomic mass is 35.5. The van der Waals surface area contributed by atoms with Crippen LogP contribution in [0.3, 0.4) is 0 Å². The van der Waals surface area contributed by atoms with Crippen molar-refractivity contribution in [2.75, 3.05) is 25.0 Å². The Morgan fingerprint density at radius 2 is 1.96 bits per heavy atom. The molecule has 27 heavy (non-hydrogen) atoms. The minimum atomic E-state index is -3.55. The van der Waals surface area contributed by atoms with E-state index in [-0.39, 0.29) is 29.3 Å². The van der Waals surface area contributed by atoms with Gasteiger partial charge < -0.3 is 15.8 Å². The number of carbonyl (C=O) groups excluding carboxylic acids is 1. The van der Waals surface area contributed by atoms with Crippen molar-refractivity contribution >= 4 is 34.0 Å². The molecule has 7 nitrogen and oxygen atoms in total. The molecule has 9 heteroatoms. The molecule has 0 radical (unpaired) electrons. The van der Waals surface area contributed by atoms with Crippen LogP contribution in [0.15, 0.2) is 23.1 Å². The number of nitrogens with zero attached hydrogens (tertiary/aromatic N) is 1. The third kappa shape index (κ3) is 5.00. The number of hydrogen-bond donors (Lipinski definition) is 2. The second-order valence-electron chi connectivity index (χ2n) is 6.99. The minimum Gasteiger partial charge on any atom is -0.364 e. The molecule has 0 aliphatic carbocycles. The summed E-state index contributed by atoms with van der Waals surface area (Å²) in [5.74, 6) is -0.258. The van der Waals surface area contributed by atoms with E-state index < -0.39 is 16.1 Å². The fourth-order valence-electron chi connectivity index (χ4n) is 3.49. The molecule has 2 aliphatic rings. The predicted octanol–water partition coefficient (Wildman–Crippen LogP) is 2.04. The maximum absolute atomic E-state index is 13.0. The van der Waals surface area contributed by atoms with Gasteiger partial charge in [0.2, 0.25) is 10.0 Å². The van der Waals surface area contributed by atoms with Crippen molar-refractivity contribution in [3.05, 3.63) is 23.8 Å². The van der Waals surface area contributed by atoms with Crippen LogP contribution in [-0.2, 0) is 19.6 Å². The van der Waals surface area contributed by atoms with Crippen LogP contribution in [-0.4, -0.2) is 50.5 Å². The summed E-state index contributed by atoms with van der Waals surface area (Å²) in [5, 5.41) is 2.78. The molecule has 1 aromatic rings. The number of ether oxygens (including phenoxy) is 1. The van der Waals surface area contributed by atoms with Crippen molar-refractivity contribution in [2.45, 2.75) is 56.1 Å². The Morgan fingerprint density at radius 1 is 1.26 bits per heavy atom. The van der Waals surface area contributed by atoms with E-state index in [2.05, 4.69) is 5.32 Å². The molecule has 3 rings (SSSR count). The third-order valence-electron chi connectivity index (χ3n) is 5.05. The van der Waals surface area contributed by atoms with E-state index in [1.165, 1.54) is 4.31 Å². The van der Waals surface area contributed by atoms with E-state index >= 15 is 0 Å². The van der Waals surface area contributed by atoms with Gasteiger partial charge in [-0.05, 0) is 50.3 Å². The van der Waals surface area contributed by atoms with Gasteiger partial charge in [-0.2, -0.15) is 4.31 Å². The Labute approximate surface area is 167 Å². The number of carbonyl (C=O) groups is 1. The highest BCUT2D eigenvalue weighted by Gasteiger charge is 2.31. The zero-order chi connectivity index (χ0) is 18.7. The second-order valence-corrected chi connectivity index (χ2v) is 8.90. The van der Waals surface area contributed by atoms with Gasteiger partial charge >= 0.3 is 0 Å². The largest absolute Gasteiger partial charge is 0.364 e. The van der Waals surface area contributed by atoms with Gasteiger partial charge in [0.1, 0.15) is 6.10 Å². The van der Waals surface area contributed by atoms with Crippen molar-refractivity contribution in [2.24, 2.45) is 5.73 Å². The van der Waals surface area contributed by atoms with Gasteiger partial charge in [-0.3, -0.25) is 4.79 Å². The summed E-state index contributed by atoms with van der Waals surface area (Å²) in [6.07, 6.45) is 3.60. The SMILES string of the molecule is Cc1ccc(NC(=O)[C@@H]2CC[C@H](CN)O2)cc1S(=O)(=O)N1CCCCC1.Cl. The monoisotopic (exact) mass is 417 g/mol. The summed E-state index contributed by atoms with van der Waals surface area (Å²) in [6, 6.07) is 5.00. The van der Waals surface area contributed by atoms with Crippen LogP contribution < -0.4 is 11.1 Å². The molecule has 0 saturated carbocycles. The summed E-state index contributed by atoms with van der Waals surface area (Å²) >= 11 is 0. The number of amides is 1. The first-order valence-corrected chi connectivity index (χ1v) is 10.6. The van der Waals surface area contributed by atoms with Crippen LogP contribution in [0.2, 0.25) is 0 Å². The molecule has 2 heterocycles. The third-order valence-corrected chi connectivity index (χ3v) is 7.09. The van der Waals surface area contributed by atoms with E-state index in [9.17, 15) is 13.2 Å². The minimum absolute atomic E-state index is 0. The number of halogens is 1. The Hall–Kier alpha value is -1.19. The molecular weight excluding hydrogens is 390 g/mol. The fourth-order valence-corrected chi connectivity index (χ4v) is 5.26. The Morgan fingerprint density at radius 3 is 2.59 bits per heavy atom. The molecule has 1 amide bonds. The van der Waals surface area contributed by atoms with Crippen molar-refractivity contribution < 1.29 is 17.9 Å². The van der Waals surface area contributed by atoms with Crippen LogP contribution in [0, 0.1) is 6.92 Å². The van der Waals surface area contributed by atoms with Gasteiger partial charge in [-0.1, -0.05) is 12.5 Å². The van der Waals surface area contributed by atoms with Crippen LogP contribution >= 0.6 is 12.4 Å². The van der Waals surface area contributed by atoms with Crippen LogP contribution in [0.5, 0.6) is 0 Å². The maximum atomic E-state index is 13.0. The average molecular weight is 418 g/mol. The number of benzene rings is 1. The summed E-state index contributed by atoms with van der Waals surface area (Å²) in [7, 11) is -3.55. The second kappa shape index (κ2) is 9.34. The van der Waals surface area contributed by atoms with Crippen molar-refractivity contribution in [3.63, 3.8) is 0 Å². The normalized spacial score (nSPS) is 23.6. The smallest absolute Gasteiger partial charge is 0.253 e. The number of anilines is 1. The number of piperidine rings is 1. The summed E-state index contributed by atoms with van der Waals surface area (Å²) < 4.78 is 33.1. The number of hydrogen-bond acceptors (Lipinski definition) is 5. The Kier molecular flexibility index (Phi) is 7.64. The number of aryl methyl sites for hydroxylation is 1. The first kappa shape index (κ1) is 22.1. The molecule has 2 atom stereocenters. The standard InChI is InChI=1S/C18H27N3O4S.ClH/c1-13-5-6-14(20-18(22)16-8-7-15(12-19)25-16)11-17(13)26(23,24)21-9-3-2-4-10-21;/h5-6,11,15-16H,2-4,7-10,12,19H2,1H3,(H,20,22);1H/t15-,16+;/m1./s1. The van der Waals surface area contributed by atoms with Gasteiger partial charge in [0.25, 0.3) is 5.91 Å². The summed E-state index contributed by atoms with van der Waals surface area (Å²) in [5.41, 5.74) is 6.72. The lowest BCUT2D eigenvalue weighted by atomic mass is 10.2.